The number of hydrogen-bond donors (Lipinski definition) is 0. The first kappa shape index (κ1) is 13.4. The molecular weight excluding hydrogens is 241 g/mol. The number of carbonyl (C=O) groups excluding carboxylic acids is 1. The van der Waals surface area contributed by atoms with Crippen molar-refractivity contribution in [1.82, 2.24) is 5.12 Å². The summed E-state index contributed by atoms with van der Waals surface area (Å²) in [5.41, 5.74) is -0.319. The van der Waals surface area contributed by atoms with Crippen LogP contribution in [0.25, 0.3) is 0 Å². The number of nitrogens with zero attached hydrogens (tertiary/aromatic N) is 1. The molecule has 2 nitrogen and oxygen atoms in total. The Kier molecular flexibility index (Phi) is 3.34. The van der Waals surface area contributed by atoms with Crippen molar-refractivity contribution in [1.29, 1.82) is 0 Å². The molecule has 0 aromatic carbocycles. The fraction of sp³-hybridized carbons (Fsp3) is 0.938. The predicted octanol–water partition coefficient (Wildman–Crippen LogP) is 3.96. The van der Waals surface area contributed by atoms with Crippen LogP contribution >= 0.6 is 0 Å². The molecular formula is C16H26FNO. The van der Waals surface area contributed by atoms with Crippen LogP contribution in [0.2, 0.25) is 0 Å². The summed E-state index contributed by atoms with van der Waals surface area (Å²) in [6, 6.07) is 0. The molecule has 0 radical (unpaired) electrons. The topological polar surface area (TPSA) is 20.3 Å². The molecule has 19 heavy (non-hydrogen) atoms. The van der Waals surface area contributed by atoms with Crippen LogP contribution in [0.1, 0.15) is 58.8 Å². The van der Waals surface area contributed by atoms with Crippen molar-refractivity contribution in [3.05, 3.63) is 0 Å². The molecule has 3 heteroatoms. The predicted molar refractivity (Wildman–Crippen MR) is 72.9 cm³/mol. The molecule has 0 saturated heterocycles. The van der Waals surface area contributed by atoms with Crippen molar-refractivity contribution in [2.75, 3.05) is 6.54 Å². The molecule has 0 N–H and O–H groups in total. The Hall–Kier alpha value is -0.600. The van der Waals surface area contributed by atoms with Crippen LogP contribution in [-0.2, 0) is 4.79 Å². The van der Waals surface area contributed by atoms with Gasteiger partial charge in [0.15, 0.2) is 0 Å². The van der Waals surface area contributed by atoms with Crippen molar-refractivity contribution in [2.45, 2.75) is 58.8 Å². The lowest BCUT2D eigenvalue weighted by Crippen LogP contribution is -2.53. The zero-order valence-corrected chi connectivity index (χ0v) is 12.2. The Balaban J connectivity index is 1.69. The van der Waals surface area contributed by atoms with Gasteiger partial charge in [-0.25, -0.2) is 0 Å². The van der Waals surface area contributed by atoms with E-state index < -0.39 is 0 Å². The lowest BCUT2D eigenvalue weighted by atomic mass is 9.49. The van der Waals surface area contributed by atoms with E-state index >= 15 is 0 Å². The third kappa shape index (κ3) is 2.41. The summed E-state index contributed by atoms with van der Waals surface area (Å²) in [6.07, 6.45) is 7.52. The molecule has 0 atom stereocenters. The molecule has 0 aromatic heterocycles. The molecule has 4 rings (SSSR count). The molecule has 4 aliphatic rings. The van der Waals surface area contributed by atoms with E-state index in [0.29, 0.717) is 28.8 Å². The fourth-order valence-electron chi connectivity index (χ4n) is 5.10. The molecule has 108 valence electrons. The van der Waals surface area contributed by atoms with Crippen LogP contribution < -0.4 is 0 Å². The summed E-state index contributed by atoms with van der Waals surface area (Å²) in [7, 11) is 0. The third-order valence-corrected chi connectivity index (χ3v) is 5.62. The second kappa shape index (κ2) is 4.75. The average Bonchev–Trinajstić information content (AvgIpc) is 2.33. The third-order valence-electron chi connectivity index (χ3n) is 5.62. The van der Waals surface area contributed by atoms with Crippen molar-refractivity contribution in [2.24, 2.45) is 29.1 Å². The quantitative estimate of drug-likeness (QED) is 0.706. The van der Waals surface area contributed by atoms with Gasteiger partial charge in [0.2, 0.25) is 0 Å². The minimum atomic E-state index is -0.319. The number of amides is 1. The summed E-state index contributed by atoms with van der Waals surface area (Å²) < 4.78 is 14.2. The molecule has 4 bridgehead atoms. The normalized spacial score (nSPS) is 39.9. The van der Waals surface area contributed by atoms with Gasteiger partial charge in [-0.15, -0.1) is 0 Å². The highest BCUT2D eigenvalue weighted by Crippen LogP contribution is 2.60. The zero-order valence-electron chi connectivity index (χ0n) is 12.2. The lowest BCUT2D eigenvalue weighted by Gasteiger charge is -2.55. The van der Waals surface area contributed by atoms with Crippen molar-refractivity contribution < 1.29 is 9.28 Å². The minimum absolute atomic E-state index is 0.188. The molecule has 0 aliphatic heterocycles. The van der Waals surface area contributed by atoms with Crippen LogP contribution in [-0.4, -0.2) is 17.6 Å². The van der Waals surface area contributed by atoms with E-state index in [1.54, 1.807) is 0 Å². The van der Waals surface area contributed by atoms with E-state index in [1.807, 2.05) is 0 Å². The molecule has 1 amide bonds. The summed E-state index contributed by atoms with van der Waals surface area (Å²) in [5.74, 6) is 2.37. The monoisotopic (exact) mass is 267 g/mol. The number of rotatable bonds is 4. The maximum atomic E-state index is 14.2. The van der Waals surface area contributed by atoms with Gasteiger partial charge in [0.05, 0.1) is 12.0 Å². The number of hydrogen-bond acceptors (Lipinski definition) is 1. The van der Waals surface area contributed by atoms with Gasteiger partial charge < -0.3 is 0 Å². The maximum Gasteiger partial charge on any atom is 0.256 e. The Labute approximate surface area is 115 Å². The summed E-state index contributed by atoms with van der Waals surface area (Å²) in [4.78, 5) is 12.6. The smallest absolute Gasteiger partial charge is 0.256 e. The van der Waals surface area contributed by atoms with E-state index in [4.69, 9.17) is 0 Å². The Morgan fingerprint density at radius 3 is 2.05 bits per heavy atom. The highest BCUT2D eigenvalue weighted by atomic mass is 19.2. The summed E-state index contributed by atoms with van der Waals surface area (Å²) >= 11 is 0. The largest absolute Gasteiger partial charge is 0.272 e. The van der Waals surface area contributed by atoms with E-state index in [0.717, 1.165) is 25.7 Å². The Morgan fingerprint density at radius 1 is 1.16 bits per heavy atom. The van der Waals surface area contributed by atoms with Gasteiger partial charge in [0.1, 0.15) is 0 Å². The van der Waals surface area contributed by atoms with Gasteiger partial charge >= 0.3 is 0 Å². The molecule has 0 spiro atoms. The minimum Gasteiger partial charge on any atom is -0.272 e. The van der Waals surface area contributed by atoms with Crippen LogP contribution in [0.15, 0.2) is 0 Å². The molecule has 0 aromatic rings. The first-order valence-electron chi connectivity index (χ1n) is 7.96. The first-order valence-corrected chi connectivity index (χ1v) is 7.96. The van der Waals surface area contributed by atoms with Gasteiger partial charge in [-0.1, -0.05) is 18.3 Å². The van der Waals surface area contributed by atoms with Gasteiger partial charge in [-0.2, -0.15) is 5.12 Å². The summed E-state index contributed by atoms with van der Waals surface area (Å²) in [5, 5.41) is 0.549. The van der Waals surface area contributed by atoms with Gasteiger partial charge in [-0.05, 0) is 68.6 Å². The molecule has 0 heterocycles. The second-order valence-electron chi connectivity index (χ2n) is 7.77. The average molecular weight is 267 g/mol. The fourth-order valence-corrected chi connectivity index (χ4v) is 5.10. The van der Waals surface area contributed by atoms with Crippen molar-refractivity contribution in [3.8, 4) is 0 Å². The number of carbonyl (C=O) groups is 1. The van der Waals surface area contributed by atoms with E-state index in [-0.39, 0.29) is 17.9 Å². The molecule has 4 fully saturated rings. The Bertz CT molecular complexity index is 330. The zero-order chi connectivity index (χ0) is 13.6. The van der Waals surface area contributed by atoms with Crippen molar-refractivity contribution >= 4 is 5.91 Å². The maximum absolute atomic E-state index is 14.2. The first-order chi connectivity index (χ1) is 8.98. The van der Waals surface area contributed by atoms with Crippen molar-refractivity contribution in [3.63, 3.8) is 0 Å². The molecule has 4 saturated carbocycles. The van der Waals surface area contributed by atoms with Crippen LogP contribution in [0.4, 0.5) is 4.48 Å². The molecule has 4 aliphatic carbocycles. The highest BCUT2D eigenvalue weighted by Gasteiger charge is 2.55. The van der Waals surface area contributed by atoms with Gasteiger partial charge in [0, 0.05) is 0 Å². The van der Waals surface area contributed by atoms with E-state index in [9.17, 15) is 9.28 Å². The van der Waals surface area contributed by atoms with Crippen LogP contribution in [0.5, 0.6) is 0 Å². The van der Waals surface area contributed by atoms with Crippen LogP contribution in [0.3, 0.4) is 0 Å². The van der Waals surface area contributed by atoms with Gasteiger partial charge in [0.25, 0.3) is 5.91 Å². The lowest BCUT2D eigenvalue weighted by molar-refractivity contribution is -0.173. The highest BCUT2D eigenvalue weighted by molar-refractivity contribution is 5.82. The van der Waals surface area contributed by atoms with Crippen LogP contribution in [0, 0.1) is 29.1 Å². The second-order valence-corrected chi connectivity index (χ2v) is 7.77. The van der Waals surface area contributed by atoms with Gasteiger partial charge in [-0.3, -0.25) is 4.79 Å². The molecule has 0 unspecified atom stereocenters. The summed E-state index contributed by atoms with van der Waals surface area (Å²) in [6.45, 7) is 4.42. The SMILES string of the molecule is CC(C)CCN(F)C(=O)C12CC3CC(CC(C3)C1)C2. The number of halogens is 1. The van der Waals surface area contributed by atoms with E-state index in [1.165, 1.54) is 19.3 Å². The standard InChI is InChI=1S/C16H26FNO/c1-11(2)3-4-18(17)15(19)16-8-12-5-13(9-16)7-14(6-12)10-16/h11-14H,3-10H2,1-2H3. The van der Waals surface area contributed by atoms with E-state index in [2.05, 4.69) is 13.8 Å². The Morgan fingerprint density at radius 2 is 1.63 bits per heavy atom.